The van der Waals surface area contributed by atoms with Crippen LogP contribution in [-0.2, 0) is 9.63 Å². The van der Waals surface area contributed by atoms with E-state index in [1.54, 1.807) is 4.90 Å². The predicted octanol–water partition coefficient (Wildman–Crippen LogP) is 1.44. The van der Waals surface area contributed by atoms with Crippen LogP contribution in [0.25, 0.3) is 0 Å². The summed E-state index contributed by atoms with van der Waals surface area (Å²) in [6, 6.07) is 3.22. The topological polar surface area (TPSA) is 62.1 Å². The number of hydrogen-bond donors (Lipinski definition) is 1. The van der Waals surface area contributed by atoms with Gasteiger partial charge in [-0.15, -0.1) is 0 Å². The van der Waals surface area contributed by atoms with Crippen LogP contribution >= 0.6 is 0 Å². The first-order valence-corrected chi connectivity index (χ1v) is 7.19. The summed E-state index contributed by atoms with van der Waals surface area (Å²) in [7, 11) is 0. The third kappa shape index (κ3) is 2.94. The predicted molar refractivity (Wildman–Crippen MR) is 74.2 cm³/mol. The molecule has 1 aliphatic carbocycles. The number of rotatable bonds is 5. The molecule has 118 valence electrons. The fourth-order valence-electron chi connectivity index (χ4n) is 2.54. The van der Waals surface area contributed by atoms with E-state index in [-0.39, 0.29) is 42.8 Å². The highest BCUT2D eigenvalue weighted by molar-refractivity contribution is 6.04. The average molecular weight is 310 g/mol. The van der Waals surface area contributed by atoms with E-state index in [0.717, 1.165) is 31.0 Å². The molecule has 1 fully saturated rings. The summed E-state index contributed by atoms with van der Waals surface area (Å²) in [5.41, 5.74) is 0.227. The number of aliphatic hydroxyl groups excluding tert-OH is 1. The van der Waals surface area contributed by atoms with Gasteiger partial charge in [-0.1, -0.05) is 5.16 Å². The van der Waals surface area contributed by atoms with Crippen LogP contribution < -0.4 is 0 Å². The first-order valence-electron chi connectivity index (χ1n) is 7.19. The Balaban J connectivity index is 1.70. The van der Waals surface area contributed by atoms with Gasteiger partial charge in [-0.2, -0.15) is 0 Å². The molecule has 0 radical (unpaired) electrons. The number of carbonyl (C=O) groups excluding carboxylic acids is 1. The molecule has 1 heterocycles. The second kappa shape index (κ2) is 6.00. The van der Waals surface area contributed by atoms with Crippen LogP contribution in [0.2, 0.25) is 0 Å². The van der Waals surface area contributed by atoms with E-state index in [1.807, 2.05) is 0 Å². The van der Waals surface area contributed by atoms with Crippen molar-refractivity contribution in [2.75, 3.05) is 13.2 Å². The molecule has 0 bridgehead atoms. The van der Waals surface area contributed by atoms with Crippen molar-refractivity contribution in [3.05, 3.63) is 35.4 Å². The maximum Gasteiger partial charge on any atom is 0.267 e. The Labute approximate surface area is 126 Å². The first kappa shape index (κ1) is 14.9. The summed E-state index contributed by atoms with van der Waals surface area (Å²) in [5.74, 6) is -1.45. The van der Waals surface area contributed by atoms with Crippen molar-refractivity contribution in [1.29, 1.82) is 0 Å². The molecule has 2 aliphatic rings. The van der Waals surface area contributed by atoms with E-state index < -0.39 is 17.7 Å². The Bertz CT molecular complexity index is 617. The number of carbonyl (C=O) groups is 1. The lowest BCUT2D eigenvalue weighted by molar-refractivity contribution is -0.143. The molecular formula is C15H16F2N2O3. The molecule has 1 N–H and O–H groups in total. The summed E-state index contributed by atoms with van der Waals surface area (Å²) in [5, 5.41) is 12.8. The van der Waals surface area contributed by atoms with Crippen LogP contribution in [0.4, 0.5) is 8.78 Å². The summed E-state index contributed by atoms with van der Waals surface area (Å²) in [4.78, 5) is 19.1. The van der Waals surface area contributed by atoms with Crippen molar-refractivity contribution in [2.45, 2.75) is 31.4 Å². The lowest BCUT2D eigenvalue weighted by Gasteiger charge is -2.23. The standard InChI is InChI=1S/C15H16F2N2O3/c16-9-1-4-12(17)11(7-9)13-8-14(22-18-13)15(21)19(5-6-20)10-2-3-10/h1,4,7,10,14,20H,2-3,5-6,8H2. The fourth-order valence-corrected chi connectivity index (χ4v) is 2.54. The van der Waals surface area contributed by atoms with Gasteiger partial charge in [-0.3, -0.25) is 4.79 Å². The van der Waals surface area contributed by atoms with Gasteiger partial charge in [-0.25, -0.2) is 8.78 Å². The van der Waals surface area contributed by atoms with E-state index in [0.29, 0.717) is 0 Å². The van der Waals surface area contributed by atoms with E-state index in [1.165, 1.54) is 0 Å². The Kier molecular flexibility index (Phi) is 4.06. The van der Waals surface area contributed by atoms with Gasteiger partial charge in [0, 0.05) is 24.6 Å². The minimum atomic E-state index is -0.843. The zero-order valence-corrected chi connectivity index (χ0v) is 11.8. The molecule has 1 unspecified atom stereocenters. The van der Waals surface area contributed by atoms with Gasteiger partial charge < -0.3 is 14.8 Å². The van der Waals surface area contributed by atoms with Crippen LogP contribution in [0.15, 0.2) is 23.4 Å². The number of oxime groups is 1. The summed E-state index contributed by atoms with van der Waals surface area (Å²) in [6.45, 7) is 0.119. The molecule has 0 spiro atoms. The van der Waals surface area contributed by atoms with Crippen LogP contribution in [-0.4, -0.2) is 46.9 Å². The molecule has 1 amide bonds. The Morgan fingerprint density at radius 1 is 1.41 bits per heavy atom. The van der Waals surface area contributed by atoms with Crippen LogP contribution in [0, 0.1) is 11.6 Å². The van der Waals surface area contributed by atoms with Crippen molar-refractivity contribution in [1.82, 2.24) is 4.90 Å². The van der Waals surface area contributed by atoms with Gasteiger partial charge in [0.25, 0.3) is 5.91 Å². The molecular weight excluding hydrogens is 294 g/mol. The van der Waals surface area contributed by atoms with Gasteiger partial charge >= 0.3 is 0 Å². The summed E-state index contributed by atoms with van der Waals surface area (Å²) < 4.78 is 27.0. The number of nitrogens with zero attached hydrogens (tertiary/aromatic N) is 2. The quantitative estimate of drug-likeness (QED) is 0.895. The Morgan fingerprint density at radius 3 is 2.86 bits per heavy atom. The van der Waals surface area contributed by atoms with Crippen molar-refractivity contribution >= 4 is 11.6 Å². The van der Waals surface area contributed by atoms with Gasteiger partial charge in [0.2, 0.25) is 6.10 Å². The highest BCUT2D eigenvalue weighted by atomic mass is 19.1. The van der Waals surface area contributed by atoms with Crippen molar-refractivity contribution in [3.63, 3.8) is 0 Å². The van der Waals surface area contributed by atoms with Gasteiger partial charge in [-0.05, 0) is 31.0 Å². The lowest BCUT2D eigenvalue weighted by Crippen LogP contribution is -2.42. The van der Waals surface area contributed by atoms with E-state index in [9.17, 15) is 13.6 Å². The van der Waals surface area contributed by atoms with Crippen molar-refractivity contribution in [2.24, 2.45) is 5.16 Å². The fraction of sp³-hybridized carbons (Fsp3) is 0.467. The first-order chi connectivity index (χ1) is 10.6. The highest BCUT2D eigenvalue weighted by Crippen LogP contribution is 2.29. The SMILES string of the molecule is O=C(C1CC(c2cc(F)ccc2F)=NO1)N(CCO)C1CC1. The van der Waals surface area contributed by atoms with Gasteiger partial charge in [0.1, 0.15) is 11.6 Å². The molecule has 3 rings (SSSR count). The Hall–Kier alpha value is -2.02. The molecule has 0 aromatic heterocycles. The molecule has 1 saturated carbocycles. The molecule has 22 heavy (non-hydrogen) atoms. The molecule has 0 saturated heterocycles. The van der Waals surface area contributed by atoms with E-state index in [4.69, 9.17) is 9.94 Å². The minimum Gasteiger partial charge on any atom is -0.395 e. The summed E-state index contributed by atoms with van der Waals surface area (Å²) in [6.07, 6.45) is 1.06. The molecule has 1 atom stereocenters. The zero-order chi connectivity index (χ0) is 15.7. The van der Waals surface area contributed by atoms with E-state index in [2.05, 4.69) is 5.16 Å². The second-order valence-electron chi connectivity index (χ2n) is 5.45. The minimum absolute atomic E-state index is 0.00966. The zero-order valence-electron chi connectivity index (χ0n) is 11.8. The van der Waals surface area contributed by atoms with Crippen LogP contribution in [0.5, 0.6) is 0 Å². The largest absolute Gasteiger partial charge is 0.395 e. The summed E-state index contributed by atoms with van der Waals surface area (Å²) >= 11 is 0. The monoisotopic (exact) mass is 310 g/mol. The van der Waals surface area contributed by atoms with Crippen molar-refractivity contribution < 1.29 is 23.5 Å². The second-order valence-corrected chi connectivity index (χ2v) is 5.45. The number of benzene rings is 1. The molecule has 1 aromatic rings. The van der Waals surface area contributed by atoms with E-state index >= 15 is 0 Å². The Morgan fingerprint density at radius 2 is 2.18 bits per heavy atom. The maximum atomic E-state index is 13.7. The smallest absolute Gasteiger partial charge is 0.267 e. The lowest BCUT2D eigenvalue weighted by atomic mass is 10.0. The van der Waals surface area contributed by atoms with Crippen LogP contribution in [0.3, 0.4) is 0 Å². The number of aliphatic hydroxyl groups is 1. The third-order valence-electron chi connectivity index (χ3n) is 3.80. The van der Waals surface area contributed by atoms with Crippen LogP contribution in [0.1, 0.15) is 24.8 Å². The normalized spacial score (nSPS) is 20.5. The van der Waals surface area contributed by atoms with Gasteiger partial charge in [0.05, 0.1) is 12.3 Å². The number of hydrogen-bond acceptors (Lipinski definition) is 4. The number of amides is 1. The van der Waals surface area contributed by atoms with Gasteiger partial charge in [0.15, 0.2) is 0 Å². The number of halogens is 2. The molecule has 1 aliphatic heterocycles. The third-order valence-corrected chi connectivity index (χ3v) is 3.80. The highest BCUT2D eigenvalue weighted by Gasteiger charge is 2.39. The maximum absolute atomic E-state index is 13.7. The average Bonchev–Trinajstić information content (AvgIpc) is 3.23. The van der Waals surface area contributed by atoms with Crippen molar-refractivity contribution in [3.8, 4) is 0 Å². The molecule has 1 aromatic carbocycles. The molecule has 7 heteroatoms. The molecule has 5 nitrogen and oxygen atoms in total.